The van der Waals surface area contributed by atoms with Gasteiger partial charge in [0.05, 0.1) is 10.0 Å². The Hall–Kier alpha value is -0.810. The van der Waals surface area contributed by atoms with Crippen LogP contribution >= 0.6 is 51.3 Å². The van der Waals surface area contributed by atoms with Gasteiger partial charge in [0.25, 0.3) is 0 Å². The van der Waals surface area contributed by atoms with Crippen LogP contribution in [0.15, 0.2) is 46.9 Å². The fourth-order valence-corrected chi connectivity index (χ4v) is 2.32. The van der Waals surface area contributed by atoms with Gasteiger partial charge in [0.15, 0.2) is 5.11 Å². The molecule has 0 radical (unpaired) electrons. The highest BCUT2D eigenvalue weighted by Gasteiger charge is 2.01. The zero-order valence-corrected chi connectivity index (χ0v) is 14.2. The van der Waals surface area contributed by atoms with Crippen LogP contribution in [-0.2, 0) is 6.54 Å². The van der Waals surface area contributed by atoms with Gasteiger partial charge in [0, 0.05) is 16.7 Å². The monoisotopic (exact) mass is 388 g/mol. The summed E-state index contributed by atoms with van der Waals surface area (Å²) in [6.45, 7) is 0.583. The highest BCUT2D eigenvalue weighted by Crippen LogP contribution is 2.22. The van der Waals surface area contributed by atoms with Gasteiger partial charge in [-0.1, -0.05) is 45.2 Å². The number of halogens is 3. The van der Waals surface area contributed by atoms with E-state index < -0.39 is 0 Å². The van der Waals surface area contributed by atoms with Gasteiger partial charge < -0.3 is 10.6 Å². The molecule has 2 N–H and O–H groups in total. The van der Waals surface area contributed by atoms with E-state index in [1.54, 1.807) is 6.07 Å². The molecule has 2 aromatic carbocycles. The molecule has 0 aromatic heterocycles. The summed E-state index contributed by atoms with van der Waals surface area (Å²) in [4.78, 5) is 0. The van der Waals surface area contributed by atoms with E-state index in [1.165, 1.54) is 0 Å². The molecule has 0 aliphatic heterocycles. The molecule has 0 spiro atoms. The molecular formula is C14H11BrCl2N2S. The molecule has 0 saturated heterocycles. The minimum absolute atomic E-state index is 0.540. The summed E-state index contributed by atoms with van der Waals surface area (Å²) >= 11 is 20.4. The summed E-state index contributed by atoms with van der Waals surface area (Å²) in [5.41, 5.74) is 1.94. The first-order valence-electron chi connectivity index (χ1n) is 5.79. The molecule has 0 fully saturated rings. The molecule has 0 aliphatic carbocycles. The number of thiocarbonyl (C=S) groups is 1. The van der Waals surface area contributed by atoms with Gasteiger partial charge in [-0.15, -0.1) is 0 Å². The maximum atomic E-state index is 5.96. The number of benzene rings is 2. The van der Waals surface area contributed by atoms with Gasteiger partial charge in [-0.05, 0) is 54.2 Å². The Kier molecular flexibility index (Phi) is 5.66. The average Bonchev–Trinajstić information content (AvgIpc) is 2.43. The predicted octanol–water partition coefficient (Wildman–Crippen LogP) is 5.24. The van der Waals surface area contributed by atoms with Crippen LogP contribution in [0.5, 0.6) is 0 Å². The van der Waals surface area contributed by atoms with E-state index in [1.807, 2.05) is 36.4 Å². The molecule has 2 rings (SSSR count). The number of hydrogen-bond donors (Lipinski definition) is 2. The van der Waals surface area contributed by atoms with E-state index in [-0.39, 0.29) is 0 Å². The molecule has 2 aromatic rings. The maximum Gasteiger partial charge on any atom is 0.171 e. The van der Waals surface area contributed by atoms with Crippen LogP contribution in [0.2, 0.25) is 10.0 Å². The van der Waals surface area contributed by atoms with Gasteiger partial charge in [0.2, 0.25) is 0 Å². The van der Waals surface area contributed by atoms with E-state index in [0.29, 0.717) is 21.7 Å². The van der Waals surface area contributed by atoms with E-state index in [4.69, 9.17) is 35.4 Å². The minimum atomic E-state index is 0.540. The molecule has 6 heteroatoms. The van der Waals surface area contributed by atoms with E-state index in [2.05, 4.69) is 26.6 Å². The topological polar surface area (TPSA) is 24.1 Å². The van der Waals surface area contributed by atoms with Crippen molar-refractivity contribution in [3.05, 3.63) is 62.5 Å². The Bertz CT molecular complexity index is 617. The first-order chi connectivity index (χ1) is 9.54. The van der Waals surface area contributed by atoms with Crippen molar-refractivity contribution in [2.75, 3.05) is 5.32 Å². The van der Waals surface area contributed by atoms with Crippen LogP contribution in [0.3, 0.4) is 0 Å². The molecule has 0 aliphatic rings. The van der Waals surface area contributed by atoms with Gasteiger partial charge in [-0.3, -0.25) is 0 Å². The van der Waals surface area contributed by atoms with Crippen LogP contribution in [0, 0.1) is 0 Å². The third kappa shape index (κ3) is 4.63. The van der Waals surface area contributed by atoms with Crippen molar-refractivity contribution in [1.82, 2.24) is 5.32 Å². The van der Waals surface area contributed by atoms with Crippen molar-refractivity contribution in [2.24, 2.45) is 0 Å². The number of anilines is 1. The van der Waals surface area contributed by atoms with Crippen molar-refractivity contribution < 1.29 is 0 Å². The van der Waals surface area contributed by atoms with E-state index in [0.717, 1.165) is 15.7 Å². The highest BCUT2D eigenvalue weighted by atomic mass is 79.9. The van der Waals surface area contributed by atoms with Crippen LogP contribution in [0.25, 0.3) is 0 Å². The van der Waals surface area contributed by atoms with Gasteiger partial charge in [-0.2, -0.15) is 0 Å². The van der Waals surface area contributed by atoms with Gasteiger partial charge >= 0.3 is 0 Å². The Morgan fingerprint density at radius 2 is 1.75 bits per heavy atom. The highest BCUT2D eigenvalue weighted by molar-refractivity contribution is 9.10. The molecule has 2 nitrogen and oxygen atoms in total. The molecule has 0 bridgehead atoms. The lowest BCUT2D eigenvalue weighted by Gasteiger charge is -2.11. The third-order valence-corrected chi connectivity index (χ3v) is 4.05. The number of nitrogens with one attached hydrogen (secondary N) is 2. The second kappa shape index (κ2) is 7.27. The normalized spacial score (nSPS) is 10.2. The summed E-state index contributed by atoms with van der Waals surface area (Å²) in [7, 11) is 0. The second-order valence-corrected chi connectivity index (χ2v) is 6.20. The van der Waals surface area contributed by atoms with E-state index in [9.17, 15) is 0 Å². The predicted molar refractivity (Wildman–Crippen MR) is 93.7 cm³/mol. The third-order valence-electron chi connectivity index (χ3n) is 2.54. The fraction of sp³-hybridized carbons (Fsp3) is 0.0714. The average molecular weight is 390 g/mol. The lowest BCUT2D eigenvalue weighted by atomic mass is 10.2. The molecule has 0 heterocycles. The van der Waals surface area contributed by atoms with E-state index >= 15 is 0 Å². The molecule has 0 atom stereocenters. The zero-order valence-electron chi connectivity index (χ0n) is 10.3. The molecule has 0 unspecified atom stereocenters. The summed E-state index contributed by atoms with van der Waals surface area (Å²) in [6, 6.07) is 13.3. The Morgan fingerprint density at radius 1 is 1.05 bits per heavy atom. The number of rotatable bonds is 3. The fourth-order valence-electron chi connectivity index (χ4n) is 1.54. The standard InChI is InChI=1S/C14H11BrCl2N2S/c15-10-2-4-11(5-3-10)19-14(20)18-8-9-1-6-12(16)13(17)7-9/h1-7H,8H2,(H2,18,19,20). The first-order valence-corrected chi connectivity index (χ1v) is 7.74. The van der Waals surface area contributed by atoms with Crippen LogP contribution in [-0.4, -0.2) is 5.11 Å². The van der Waals surface area contributed by atoms with Crippen molar-refractivity contribution in [2.45, 2.75) is 6.54 Å². The molecular weight excluding hydrogens is 379 g/mol. The van der Waals surface area contributed by atoms with Gasteiger partial charge in [0.1, 0.15) is 0 Å². The molecule has 20 heavy (non-hydrogen) atoms. The van der Waals surface area contributed by atoms with Crippen molar-refractivity contribution in [3.63, 3.8) is 0 Å². The van der Waals surface area contributed by atoms with Crippen molar-refractivity contribution in [1.29, 1.82) is 0 Å². The lowest BCUT2D eigenvalue weighted by Crippen LogP contribution is -2.27. The Balaban J connectivity index is 1.88. The Morgan fingerprint density at radius 3 is 2.40 bits per heavy atom. The lowest BCUT2D eigenvalue weighted by molar-refractivity contribution is 0.926. The second-order valence-electron chi connectivity index (χ2n) is 4.06. The van der Waals surface area contributed by atoms with Crippen LogP contribution < -0.4 is 10.6 Å². The number of hydrogen-bond acceptors (Lipinski definition) is 1. The minimum Gasteiger partial charge on any atom is -0.358 e. The smallest absolute Gasteiger partial charge is 0.171 e. The maximum absolute atomic E-state index is 5.96. The van der Waals surface area contributed by atoms with Gasteiger partial charge in [-0.25, -0.2) is 0 Å². The SMILES string of the molecule is S=C(NCc1ccc(Cl)c(Cl)c1)Nc1ccc(Br)cc1. The van der Waals surface area contributed by atoms with Crippen LogP contribution in [0.4, 0.5) is 5.69 Å². The van der Waals surface area contributed by atoms with Crippen molar-refractivity contribution >= 4 is 62.1 Å². The molecule has 0 amide bonds. The largest absolute Gasteiger partial charge is 0.358 e. The summed E-state index contributed by atoms with van der Waals surface area (Å²) in [5, 5.41) is 7.86. The summed E-state index contributed by atoms with van der Waals surface area (Å²) in [5.74, 6) is 0. The molecule has 104 valence electrons. The summed E-state index contributed by atoms with van der Waals surface area (Å²) < 4.78 is 1.03. The zero-order chi connectivity index (χ0) is 14.5. The first kappa shape index (κ1) is 15.6. The summed E-state index contributed by atoms with van der Waals surface area (Å²) in [6.07, 6.45) is 0. The Labute approximate surface area is 141 Å². The quantitative estimate of drug-likeness (QED) is 0.701. The van der Waals surface area contributed by atoms with Crippen molar-refractivity contribution in [3.8, 4) is 0 Å². The molecule has 0 saturated carbocycles. The van der Waals surface area contributed by atoms with Crippen LogP contribution in [0.1, 0.15) is 5.56 Å².